The number of nitrogens with one attached hydrogen (secondary N) is 2. The summed E-state index contributed by atoms with van der Waals surface area (Å²) in [7, 11) is -3.79. The molecule has 2 atom stereocenters. The zero-order valence-electron chi connectivity index (χ0n) is 21.2. The molecule has 0 aliphatic heterocycles. The van der Waals surface area contributed by atoms with Gasteiger partial charge in [0.25, 0.3) is 0 Å². The molecule has 204 valence electrons. The number of hydrogen-bond donors (Lipinski definition) is 3. The first-order valence-electron chi connectivity index (χ1n) is 12.3. The second-order valence-corrected chi connectivity index (χ2v) is 10.6. The highest BCUT2D eigenvalue weighted by Gasteiger charge is 2.24. The van der Waals surface area contributed by atoms with E-state index in [1.807, 2.05) is 48.5 Å². The van der Waals surface area contributed by atoms with Crippen LogP contribution in [-0.4, -0.2) is 38.4 Å². The topological polar surface area (TPSA) is 145 Å². The van der Waals surface area contributed by atoms with Crippen molar-refractivity contribution in [2.24, 2.45) is 5.73 Å². The van der Waals surface area contributed by atoms with Crippen molar-refractivity contribution in [2.75, 3.05) is 0 Å². The van der Waals surface area contributed by atoms with E-state index in [0.717, 1.165) is 16.5 Å². The zero-order valence-corrected chi connectivity index (χ0v) is 22.0. The molecule has 3 aromatic rings. The van der Waals surface area contributed by atoms with Crippen molar-refractivity contribution in [1.82, 2.24) is 10.6 Å². The van der Waals surface area contributed by atoms with E-state index in [4.69, 9.17) is 10.5 Å². The molecule has 9 nitrogen and oxygen atoms in total. The molecular weight excluding hydrogens is 518 g/mol. The molecule has 3 amide bonds. The monoisotopic (exact) mass is 549 g/mol. The first-order chi connectivity index (χ1) is 18.7. The number of carbonyl (C=O) groups is 3. The van der Waals surface area contributed by atoms with Crippen molar-refractivity contribution in [3.8, 4) is 0 Å². The van der Waals surface area contributed by atoms with E-state index in [2.05, 4.69) is 10.6 Å². The van der Waals surface area contributed by atoms with Crippen molar-refractivity contribution >= 4 is 27.7 Å². The van der Waals surface area contributed by atoms with Crippen LogP contribution in [0.4, 0.5) is 4.79 Å². The third-order valence-electron chi connectivity index (χ3n) is 5.70. The molecule has 10 heteroatoms. The third-order valence-corrected chi connectivity index (χ3v) is 7.14. The molecule has 3 aromatic carbocycles. The van der Waals surface area contributed by atoms with Crippen LogP contribution in [-0.2, 0) is 37.2 Å². The van der Waals surface area contributed by atoms with Gasteiger partial charge in [0.05, 0.1) is 4.90 Å². The molecule has 0 saturated heterocycles. The van der Waals surface area contributed by atoms with Gasteiger partial charge in [0.1, 0.15) is 12.6 Å². The fourth-order valence-corrected chi connectivity index (χ4v) is 4.74. The van der Waals surface area contributed by atoms with Crippen LogP contribution >= 0.6 is 0 Å². The maximum atomic E-state index is 13.3. The summed E-state index contributed by atoms with van der Waals surface area (Å²) in [5.74, 6) is -1.18. The Kier molecular flexibility index (Phi) is 10.8. The highest BCUT2D eigenvalue weighted by Crippen LogP contribution is 2.13. The average Bonchev–Trinajstić information content (AvgIpc) is 2.94. The fraction of sp³-hybridized carbons (Fsp3) is 0.207. The molecule has 0 saturated carbocycles. The van der Waals surface area contributed by atoms with Crippen LogP contribution in [0, 0.1) is 0 Å². The summed E-state index contributed by atoms with van der Waals surface area (Å²) < 4.78 is 30.7. The van der Waals surface area contributed by atoms with Gasteiger partial charge in [0.2, 0.25) is 11.8 Å². The highest BCUT2D eigenvalue weighted by molar-refractivity contribution is 7.94. The van der Waals surface area contributed by atoms with Crippen LogP contribution in [0.2, 0.25) is 0 Å². The molecule has 0 radical (unpaired) electrons. The first-order valence-corrected chi connectivity index (χ1v) is 13.9. The maximum absolute atomic E-state index is 13.3. The lowest BCUT2D eigenvalue weighted by Crippen LogP contribution is -2.50. The lowest BCUT2D eigenvalue weighted by Gasteiger charge is -2.22. The van der Waals surface area contributed by atoms with Crippen LogP contribution in [0.25, 0.3) is 0 Å². The molecule has 2 unspecified atom stereocenters. The Morgan fingerprint density at radius 3 is 1.97 bits per heavy atom. The van der Waals surface area contributed by atoms with Gasteiger partial charge in [-0.15, -0.1) is 0 Å². The Labute approximate surface area is 228 Å². The molecule has 0 aliphatic carbocycles. The van der Waals surface area contributed by atoms with E-state index in [1.165, 1.54) is 18.2 Å². The van der Waals surface area contributed by atoms with Crippen molar-refractivity contribution in [3.05, 3.63) is 114 Å². The number of sulfone groups is 1. The Bertz CT molecular complexity index is 1360. The van der Waals surface area contributed by atoms with Crippen LogP contribution in [0.15, 0.2) is 107 Å². The Balaban J connectivity index is 1.75. The minimum Gasteiger partial charge on any atom is -0.445 e. The summed E-state index contributed by atoms with van der Waals surface area (Å²) in [6.07, 6.45) is 0.651. The molecular formula is C29H31N3O6S. The fourth-order valence-electron chi connectivity index (χ4n) is 3.65. The van der Waals surface area contributed by atoms with Gasteiger partial charge in [-0.25, -0.2) is 13.2 Å². The second-order valence-electron chi connectivity index (χ2n) is 8.76. The largest absolute Gasteiger partial charge is 0.445 e. The summed E-state index contributed by atoms with van der Waals surface area (Å²) in [4.78, 5) is 37.4. The average molecular weight is 550 g/mol. The highest BCUT2D eigenvalue weighted by atomic mass is 32.2. The SMILES string of the molecule is NC(=O)CCC(/C=C/S(=O)(=O)c1ccccc1)NC(=O)C(Cc1ccccc1)NC(=O)OCc1ccccc1. The van der Waals surface area contributed by atoms with Gasteiger partial charge in [0, 0.05) is 24.3 Å². The minimum absolute atomic E-state index is 0.0215. The molecule has 0 aliphatic rings. The molecule has 0 bridgehead atoms. The van der Waals surface area contributed by atoms with E-state index in [1.54, 1.807) is 30.3 Å². The van der Waals surface area contributed by atoms with Gasteiger partial charge in [0.15, 0.2) is 9.84 Å². The smallest absolute Gasteiger partial charge is 0.408 e. The summed E-state index contributed by atoms with van der Waals surface area (Å²) in [6, 6.07) is 24.1. The zero-order chi connectivity index (χ0) is 28.1. The van der Waals surface area contributed by atoms with Crippen LogP contribution < -0.4 is 16.4 Å². The standard InChI is InChI=1S/C29H31N3O6S/c30-27(33)17-16-24(18-19-39(36,37)25-14-8-3-9-15-25)31-28(34)26(20-22-10-4-1-5-11-22)32-29(35)38-21-23-12-6-2-7-13-23/h1-15,18-19,24,26H,16-17,20-21H2,(H2,30,33)(H,31,34)(H,32,35)/b19-18+. The van der Waals surface area contributed by atoms with E-state index in [-0.39, 0.29) is 30.8 Å². The molecule has 0 aromatic heterocycles. The number of alkyl carbamates (subject to hydrolysis) is 1. The number of ether oxygens (including phenoxy) is 1. The number of benzene rings is 3. The quantitative estimate of drug-likeness (QED) is 0.298. The Morgan fingerprint density at radius 1 is 0.821 bits per heavy atom. The van der Waals surface area contributed by atoms with Crippen molar-refractivity contribution in [1.29, 1.82) is 0 Å². The van der Waals surface area contributed by atoms with Gasteiger partial charge in [-0.1, -0.05) is 84.9 Å². The van der Waals surface area contributed by atoms with Crippen molar-refractivity contribution in [3.63, 3.8) is 0 Å². The Hall–Kier alpha value is -4.44. The van der Waals surface area contributed by atoms with Gasteiger partial charge in [-0.3, -0.25) is 9.59 Å². The van der Waals surface area contributed by atoms with E-state index >= 15 is 0 Å². The van der Waals surface area contributed by atoms with E-state index in [9.17, 15) is 22.8 Å². The van der Waals surface area contributed by atoms with Crippen molar-refractivity contribution < 1.29 is 27.5 Å². The second kappa shape index (κ2) is 14.5. The number of primary amides is 1. The predicted octanol–water partition coefficient (Wildman–Crippen LogP) is 3.26. The molecule has 0 fully saturated rings. The summed E-state index contributed by atoms with van der Waals surface area (Å²) in [5.41, 5.74) is 6.86. The summed E-state index contributed by atoms with van der Waals surface area (Å²) in [5, 5.41) is 6.31. The number of nitrogens with two attached hydrogens (primary N) is 1. The summed E-state index contributed by atoms with van der Waals surface area (Å²) >= 11 is 0. The molecule has 3 rings (SSSR count). The normalized spacial score (nSPS) is 12.8. The van der Waals surface area contributed by atoms with Crippen LogP contribution in [0.3, 0.4) is 0 Å². The molecule has 39 heavy (non-hydrogen) atoms. The van der Waals surface area contributed by atoms with Gasteiger partial charge in [-0.2, -0.15) is 0 Å². The number of amides is 3. The number of rotatable bonds is 13. The first kappa shape index (κ1) is 29.1. The molecule has 0 spiro atoms. The Morgan fingerprint density at radius 2 is 1.38 bits per heavy atom. The third kappa shape index (κ3) is 10.1. The minimum atomic E-state index is -3.79. The van der Waals surface area contributed by atoms with E-state index in [0.29, 0.717) is 0 Å². The summed E-state index contributed by atoms with van der Waals surface area (Å²) in [6.45, 7) is 0.0215. The lowest BCUT2D eigenvalue weighted by molar-refractivity contribution is -0.124. The number of carbonyl (C=O) groups excluding carboxylic acids is 3. The van der Waals surface area contributed by atoms with Crippen LogP contribution in [0.5, 0.6) is 0 Å². The number of hydrogen-bond acceptors (Lipinski definition) is 6. The van der Waals surface area contributed by atoms with Gasteiger partial charge < -0.3 is 21.1 Å². The van der Waals surface area contributed by atoms with Crippen molar-refractivity contribution in [2.45, 2.75) is 42.8 Å². The van der Waals surface area contributed by atoms with Crippen LogP contribution in [0.1, 0.15) is 24.0 Å². The van der Waals surface area contributed by atoms with Gasteiger partial charge >= 0.3 is 6.09 Å². The predicted molar refractivity (Wildman–Crippen MR) is 147 cm³/mol. The van der Waals surface area contributed by atoms with Gasteiger partial charge in [-0.05, 0) is 29.7 Å². The lowest BCUT2D eigenvalue weighted by atomic mass is 10.0. The molecule has 0 heterocycles. The maximum Gasteiger partial charge on any atom is 0.408 e. The molecule has 4 N–H and O–H groups in total. The van der Waals surface area contributed by atoms with E-state index < -0.39 is 39.8 Å².